The maximum atomic E-state index is 14.8. The van der Waals surface area contributed by atoms with Gasteiger partial charge in [-0.2, -0.15) is 10.1 Å². The van der Waals surface area contributed by atoms with E-state index in [1.54, 1.807) is 61.0 Å². The van der Waals surface area contributed by atoms with Crippen molar-refractivity contribution in [3.05, 3.63) is 107 Å². The van der Waals surface area contributed by atoms with Crippen LogP contribution in [0.25, 0.3) is 33.4 Å². The van der Waals surface area contributed by atoms with Gasteiger partial charge < -0.3 is 103 Å². The van der Waals surface area contributed by atoms with Crippen LogP contribution in [0.5, 0.6) is 0 Å². The number of amides is 2. The van der Waals surface area contributed by atoms with E-state index in [2.05, 4.69) is 40.1 Å². The number of nitrogens with zero attached hydrogens (tertiary/aromatic N) is 8. The van der Waals surface area contributed by atoms with Crippen LogP contribution in [0.3, 0.4) is 0 Å². The molecular formula is C93H136N10O22. The number of aliphatic hydroxyl groups is 4. The molecule has 4 aliphatic heterocycles. The number of rotatable bonds is 34. The number of hydrogen-bond donors (Lipinski definition) is 6. The van der Waals surface area contributed by atoms with Crippen LogP contribution < -0.4 is 11.5 Å². The molecule has 2 saturated heterocycles. The third-order valence-corrected chi connectivity index (χ3v) is 25.0. The lowest BCUT2D eigenvalue weighted by atomic mass is 9.78. The predicted molar refractivity (Wildman–Crippen MR) is 469 cm³/mol. The van der Waals surface area contributed by atoms with E-state index < -0.39 is 89.7 Å². The summed E-state index contributed by atoms with van der Waals surface area (Å²) in [5.41, 5.74) is 19.0. The number of carbonyl (C=O) groups excluding carboxylic acids is 5. The first-order valence-electron chi connectivity index (χ1n) is 44.6. The smallest absolute Gasteiger partial charge is 0.329 e. The summed E-state index contributed by atoms with van der Waals surface area (Å²) in [6, 6.07) is 10.8. The number of hydrogen-bond acceptors (Lipinski definition) is 29. The van der Waals surface area contributed by atoms with Gasteiger partial charge in [-0.3, -0.25) is 19.2 Å². The van der Waals surface area contributed by atoms with Crippen LogP contribution in [0.1, 0.15) is 175 Å². The van der Waals surface area contributed by atoms with Gasteiger partial charge in [-0.05, 0) is 169 Å². The largest absolute Gasteiger partial charge is 0.460 e. The Hall–Kier alpha value is -8.32. The number of nitrogens with two attached hydrogens (primary N) is 2. The number of methoxy groups -OCH3 is 3. The molecule has 690 valence electrons. The highest BCUT2D eigenvalue weighted by atomic mass is 16.7. The fourth-order valence-electron chi connectivity index (χ4n) is 17.3. The lowest BCUT2D eigenvalue weighted by Crippen LogP contribution is -2.61. The molecule has 2 aromatic carbocycles. The lowest BCUT2D eigenvalue weighted by Gasteiger charge is -2.43. The standard InChI is InChI=1S/C93H136N10O22/c1-58-19-14-13-15-20-59(2)76(113-10)53-70-28-23-64(7)93(112,124-70)86(109)89(110)102-33-17-16-21-72(102)90(111)122-77(61(4)49-65-25-29-73(104)78(51-65)114-11)54-74(105)60(3)48-63(6)84(108)85(115-12)82(62(5)47-58)100-125-92(8,9)79(106)22-18-35-116-37-39-118-41-43-120-45-46-121-44-42-119-40-38-117-36-32-80(107)101-34-31-67-50-66(24-26-69(67)56-101)55-103-88-81(87(94)96-57-97-88)83(99-103)68-27-30-75-71(52-68)98-91(95)123-75/h13-15,19-20,24,26-27,30,48,50,52,57-58,60-62,64-65,70,72-74,76-78,84-85,104-105,108,112H,16-18,21-23,25,28-29,31-47,49,51,53-56H2,1-12H3,(H2,95,98)(H2,94,96,97)/b15-13+,19-14+,59-20+,63-48+,100-82?/t58-,60-,61-,62-,64-,65+,70+,72+,73-,74-,76+,77+,78-,84-,85+,93-/m1/s1. The number of Topliss-reactive ketones (excluding diaryl/α,β-unsaturated/α-hetero) is 2. The first-order chi connectivity index (χ1) is 60.0. The third kappa shape index (κ3) is 27.6. The quantitative estimate of drug-likeness (QED) is 0.00732. The van der Waals surface area contributed by atoms with Gasteiger partial charge in [0, 0.05) is 90.2 Å². The van der Waals surface area contributed by atoms with Crippen molar-refractivity contribution in [1.29, 1.82) is 0 Å². The number of aliphatic hydroxyl groups excluding tert-OH is 3. The molecule has 1 saturated carbocycles. The summed E-state index contributed by atoms with van der Waals surface area (Å²) in [4.78, 5) is 93.3. The maximum absolute atomic E-state index is 14.8. The van der Waals surface area contributed by atoms with Gasteiger partial charge in [-0.25, -0.2) is 19.4 Å². The number of benzene rings is 2. The number of oxazole rings is 1. The van der Waals surface area contributed by atoms with E-state index in [1.807, 2.05) is 72.9 Å². The van der Waals surface area contributed by atoms with Crippen LogP contribution in [-0.2, 0) is 100 Å². The highest BCUT2D eigenvalue weighted by Crippen LogP contribution is 2.40. The molecule has 1 aliphatic carbocycles. The monoisotopic (exact) mass is 1740 g/mol. The predicted octanol–water partition coefficient (Wildman–Crippen LogP) is 10.1. The highest BCUT2D eigenvalue weighted by Gasteiger charge is 2.53. The lowest BCUT2D eigenvalue weighted by molar-refractivity contribution is -0.265. The van der Waals surface area contributed by atoms with E-state index >= 15 is 0 Å². The summed E-state index contributed by atoms with van der Waals surface area (Å²) in [6.07, 6.45) is 13.3. The van der Waals surface area contributed by atoms with Gasteiger partial charge in [0.15, 0.2) is 22.6 Å². The Morgan fingerprint density at radius 3 is 2.14 bits per heavy atom. The molecule has 2 amide bonds. The number of cyclic esters (lactones) is 1. The molecule has 3 fully saturated rings. The van der Waals surface area contributed by atoms with Crippen LogP contribution in [0.2, 0.25) is 0 Å². The van der Waals surface area contributed by atoms with Gasteiger partial charge in [-0.15, -0.1) is 0 Å². The molecule has 5 aromatic rings. The van der Waals surface area contributed by atoms with E-state index in [0.29, 0.717) is 201 Å². The molecule has 5 aliphatic rings. The van der Waals surface area contributed by atoms with E-state index in [0.717, 1.165) is 28.7 Å². The molecule has 32 nitrogen and oxygen atoms in total. The normalized spacial score (nSPS) is 28.3. The van der Waals surface area contributed by atoms with Crippen molar-refractivity contribution in [2.75, 3.05) is 125 Å². The number of piperidine rings is 1. The highest BCUT2D eigenvalue weighted by molar-refractivity contribution is 6.39. The van der Waals surface area contributed by atoms with E-state index in [4.69, 9.17) is 83.1 Å². The Morgan fingerprint density at radius 1 is 0.736 bits per heavy atom. The Balaban J connectivity index is 0.635. The molecule has 125 heavy (non-hydrogen) atoms. The Morgan fingerprint density at radius 2 is 1.44 bits per heavy atom. The van der Waals surface area contributed by atoms with Crippen molar-refractivity contribution < 1.29 is 106 Å². The number of oxime groups is 1. The molecule has 7 heterocycles. The van der Waals surface area contributed by atoms with Crippen molar-refractivity contribution in [1.82, 2.24) is 34.5 Å². The number of esters is 1. The number of ether oxygens (including phenoxy) is 11. The van der Waals surface area contributed by atoms with Crippen molar-refractivity contribution in [3.8, 4) is 11.3 Å². The zero-order valence-electron chi connectivity index (χ0n) is 75.2. The molecule has 0 radical (unpaired) electrons. The van der Waals surface area contributed by atoms with Crippen LogP contribution in [-0.4, -0.2) is 270 Å². The molecule has 3 aromatic heterocycles. The summed E-state index contributed by atoms with van der Waals surface area (Å²) < 4.78 is 72.0. The number of allylic oxidation sites excluding steroid dienone is 5. The van der Waals surface area contributed by atoms with Crippen LogP contribution >= 0.6 is 0 Å². The number of anilines is 2. The Bertz CT molecular complexity index is 4490. The van der Waals surface area contributed by atoms with Crippen molar-refractivity contribution in [2.45, 2.75) is 244 Å². The average Bonchev–Trinajstić information content (AvgIpc) is 1.65. The number of ketones is 2. The maximum Gasteiger partial charge on any atom is 0.329 e. The van der Waals surface area contributed by atoms with E-state index in [9.17, 15) is 44.4 Å². The zero-order chi connectivity index (χ0) is 89.9. The summed E-state index contributed by atoms with van der Waals surface area (Å²) in [6.45, 7) is 22.2. The summed E-state index contributed by atoms with van der Waals surface area (Å²) >= 11 is 0. The molecule has 16 atom stereocenters. The van der Waals surface area contributed by atoms with Crippen LogP contribution in [0, 0.1) is 35.5 Å². The van der Waals surface area contributed by atoms with Gasteiger partial charge in [0.05, 0.1) is 127 Å². The van der Waals surface area contributed by atoms with Gasteiger partial charge in [0.25, 0.3) is 17.7 Å². The minimum absolute atomic E-state index is 0.0304. The fraction of sp³-hybridized carbons (Fsp3) is 0.656. The van der Waals surface area contributed by atoms with E-state index in [-0.39, 0.29) is 92.7 Å². The summed E-state index contributed by atoms with van der Waals surface area (Å²) in [5.74, 6) is -7.25. The first kappa shape index (κ1) is 98.9. The third-order valence-electron chi connectivity index (χ3n) is 25.0. The first-order valence-corrected chi connectivity index (χ1v) is 44.6. The van der Waals surface area contributed by atoms with Crippen molar-refractivity contribution >= 4 is 69.0 Å². The van der Waals surface area contributed by atoms with E-state index in [1.165, 1.54) is 23.9 Å². The van der Waals surface area contributed by atoms with Gasteiger partial charge >= 0.3 is 5.97 Å². The second-order valence-electron chi connectivity index (χ2n) is 34.8. The number of nitrogen functional groups attached to an aromatic ring is 2. The minimum Gasteiger partial charge on any atom is -0.460 e. The zero-order valence-corrected chi connectivity index (χ0v) is 75.2. The molecule has 2 bridgehead atoms. The SMILES string of the molecule is CO[C@H]1C[C@@H]2CC[C@@H](C)[C@@](O)(O2)C(=O)C(=O)N2CCCC[C@H]2C(=O)O[C@H]([C@H](C)C[C@@H]2CC[C@@H](O)[C@H](OC)C2)C[C@@H](O)[C@H](C)/C=C(\C)[C@@H](O)[C@@H](OC)C(=NOC(C)(C)C(=O)CCCOCCOCCOCCOCCOCCOCCC(=O)N2CCc3cc(Cn4nc(-c5ccc6oc(N)nc6c5)c5c(N)ncnc54)ccc3C2)[C@H](C)C[C@H](C)/C=C/C=C/C=C/1C. The molecule has 0 spiro atoms. The number of carbonyl (C=O) groups is 5. The molecule has 8 N–H and O–H groups in total. The molecular weight excluding hydrogens is 1610 g/mol. The second kappa shape index (κ2) is 48.2. The van der Waals surface area contributed by atoms with Gasteiger partial charge in [0.2, 0.25) is 11.7 Å². The summed E-state index contributed by atoms with van der Waals surface area (Å²) in [7, 11) is 4.62. The number of fused-ring (bicyclic) bond motifs is 6. The summed E-state index contributed by atoms with van der Waals surface area (Å²) in [5, 5.41) is 57.8. The second-order valence-corrected chi connectivity index (χ2v) is 34.8. The average molecular weight is 1750 g/mol. The topological polar surface area (TPSA) is 418 Å². The molecule has 10 rings (SSSR count). The van der Waals surface area contributed by atoms with Gasteiger partial charge in [-0.1, -0.05) is 94.4 Å². The van der Waals surface area contributed by atoms with Crippen molar-refractivity contribution in [2.24, 2.45) is 40.7 Å². The molecule has 0 unspecified atom stereocenters. The number of aromatic nitrogens is 5. The fourth-order valence-corrected chi connectivity index (χ4v) is 17.3. The van der Waals surface area contributed by atoms with Crippen molar-refractivity contribution in [3.63, 3.8) is 0 Å². The van der Waals surface area contributed by atoms with Crippen LogP contribution in [0.4, 0.5) is 11.8 Å². The van der Waals surface area contributed by atoms with Gasteiger partial charge in [0.1, 0.15) is 47.7 Å². The minimum atomic E-state index is -2.46. The van der Waals surface area contributed by atoms with Crippen LogP contribution in [0.15, 0.2) is 99.9 Å². The Labute approximate surface area is 734 Å². The molecule has 32 heteroatoms. The Kier molecular flexibility index (Phi) is 38.1.